The zero-order valence-electron chi connectivity index (χ0n) is 11.3. The van der Waals surface area contributed by atoms with Gasteiger partial charge in [0, 0.05) is 11.7 Å². The van der Waals surface area contributed by atoms with E-state index in [9.17, 15) is 4.39 Å². The smallest absolute Gasteiger partial charge is 0.146 e. The van der Waals surface area contributed by atoms with E-state index in [0.29, 0.717) is 12.2 Å². The second-order valence-corrected chi connectivity index (χ2v) is 4.34. The molecule has 0 saturated heterocycles. The molecule has 1 rings (SSSR count). The average molecular weight is 248 g/mol. The molecule has 0 bridgehead atoms. The van der Waals surface area contributed by atoms with Crippen LogP contribution in [0.5, 0.6) is 0 Å². The first-order valence-electron chi connectivity index (χ1n) is 6.14. The molecule has 18 heavy (non-hydrogen) atoms. The number of hydrogen-bond acceptors (Lipinski definition) is 2. The van der Waals surface area contributed by atoms with Crippen molar-refractivity contribution < 1.29 is 4.39 Å². The van der Waals surface area contributed by atoms with Crippen LogP contribution in [0, 0.1) is 5.82 Å². The van der Waals surface area contributed by atoms with Crippen molar-refractivity contribution in [3.8, 4) is 0 Å². The molecule has 0 spiro atoms. The van der Waals surface area contributed by atoms with Gasteiger partial charge in [-0.3, -0.25) is 0 Å². The Morgan fingerprint density at radius 3 is 2.61 bits per heavy atom. The van der Waals surface area contributed by atoms with Crippen molar-refractivity contribution >= 4 is 5.69 Å². The third-order valence-corrected chi connectivity index (χ3v) is 2.76. The molecule has 0 aliphatic heterocycles. The number of hydrogen-bond donors (Lipinski definition) is 1. The Bertz CT molecular complexity index is 424. The summed E-state index contributed by atoms with van der Waals surface area (Å²) in [5, 5.41) is 3.07. The van der Waals surface area contributed by atoms with Crippen molar-refractivity contribution in [1.29, 1.82) is 0 Å². The van der Waals surface area contributed by atoms with Crippen LogP contribution in [0.15, 0.2) is 48.8 Å². The molecule has 0 heterocycles. The van der Waals surface area contributed by atoms with Crippen LogP contribution < -0.4 is 10.2 Å². The minimum atomic E-state index is -0.194. The lowest BCUT2D eigenvalue weighted by Gasteiger charge is -2.30. The highest BCUT2D eigenvalue weighted by molar-refractivity contribution is 5.49. The molecule has 0 aromatic heterocycles. The van der Waals surface area contributed by atoms with Gasteiger partial charge in [-0.25, -0.2) is 4.39 Å². The largest absolute Gasteiger partial charge is 0.364 e. The van der Waals surface area contributed by atoms with Gasteiger partial charge in [0.2, 0.25) is 0 Å². The van der Waals surface area contributed by atoms with E-state index < -0.39 is 0 Å². The molecule has 0 aliphatic carbocycles. The molecule has 3 heteroatoms. The van der Waals surface area contributed by atoms with Crippen LogP contribution in [-0.4, -0.2) is 12.6 Å². The van der Waals surface area contributed by atoms with Crippen molar-refractivity contribution in [2.45, 2.75) is 26.8 Å². The number of nitrogens with one attached hydrogen (secondary N) is 1. The minimum Gasteiger partial charge on any atom is -0.364 e. The summed E-state index contributed by atoms with van der Waals surface area (Å²) < 4.78 is 13.8. The first-order chi connectivity index (χ1) is 8.60. The number of benzene rings is 1. The Kier molecular flexibility index (Phi) is 5.43. The van der Waals surface area contributed by atoms with E-state index >= 15 is 0 Å². The molecule has 0 aliphatic rings. The molecule has 0 atom stereocenters. The molecular weight excluding hydrogens is 227 g/mol. The van der Waals surface area contributed by atoms with Crippen molar-refractivity contribution in [3.63, 3.8) is 0 Å². The van der Waals surface area contributed by atoms with Gasteiger partial charge in [-0.1, -0.05) is 24.8 Å². The second kappa shape index (κ2) is 6.84. The maximum absolute atomic E-state index is 13.8. The summed E-state index contributed by atoms with van der Waals surface area (Å²) in [6.07, 6.45) is 3.60. The van der Waals surface area contributed by atoms with Crippen molar-refractivity contribution in [2.24, 2.45) is 0 Å². The molecule has 0 saturated carbocycles. The number of anilines is 1. The van der Waals surface area contributed by atoms with Crippen LogP contribution >= 0.6 is 0 Å². The third-order valence-electron chi connectivity index (χ3n) is 2.76. The van der Waals surface area contributed by atoms with E-state index in [0.717, 1.165) is 5.70 Å². The summed E-state index contributed by atoms with van der Waals surface area (Å²) in [5.74, 6) is -0.194. The van der Waals surface area contributed by atoms with Gasteiger partial charge >= 0.3 is 0 Å². The third kappa shape index (κ3) is 3.62. The lowest BCUT2D eigenvalue weighted by atomic mass is 10.2. The standard InChI is InChI=1S/C15H21FN2/c1-5-13(17-6-2)11-18(12(3)4)15-10-8-7-9-14(15)16/h5-10,12,17H,2,11H2,1,3-4H3/b13-5-. The predicted octanol–water partition coefficient (Wildman–Crippen LogP) is 3.68. The van der Waals surface area contributed by atoms with Gasteiger partial charge in [0.1, 0.15) is 5.82 Å². The van der Waals surface area contributed by atoms with Gasteiger partial charge in [-0.2, -0.15) is 0 Å². The Morgan fingerprint density at radius 1 is 1.44 bits per heavy atom. The van der Waals surface area contributed by atoms with Crippen LogP contribution in [0.4, 0.5) is 10.1 Å². The Labute approximate surface area is 109 Å². The van der Waals surface area contributed by atoms with Gasteiger partial charge in [-0.05, 0) is 39.1 Å². The second-order valence-electron chi connectivity index (χ2n) is 4.34. The first kappa shape index (κ1) is 14.3. The summed E-state index contributed by atoms with van der Waals surface area (Å²) in [5.41, 5.74) is 1.62. The van der Waals surface area contributed by atoms with E-state index in [2.05, 4.69) is 11.9 Å². The Hall–Kier alpha value is -1.77. The van der Waals surface area contributed by atoms with Crippen LogP contribution in [0.3, 0.4) is 0 Å². The molecule has 1 aromatic rings. The zero-order valence-corrected chi connectivity index (χ0v) is 11.3. The summed E-state index contributed by atoms with van der Waals surface area (Å²) in [4.78, 5) is 2.02. The van der Waals surface area contributed by atoms with Crippen LogP contribution in [0.2, 0.25) is 0 Å². The molecule has 1 N–H and O–H groups in total. The monoisotopic (exact) mass is 248 g/mol. The van der Waals surface area contributed by atoms with Crippen molar-refractivity contribution in [2.75, 3.05) is 11.4 Å². The van der Waals surface area contributed by atoms with Crippen LogP contribution in [0.1, 0.15) is 20.8 Å². The molecule has 0 fully saturated rings. The minimum absolute atomic E-state index is 0.194. The highest BCUT2D eigenvalue weighted by Crippen LogP contribution is 2.21. The van der Waals surface area contributed by atoms with Crippen LogP contribution in [-0.2, 0) is 0 Å². The average Bonchev–Trinajstić information content (AvgIpc) is 2.35. The molecule has 1 aromatic carbocycles. The number of nitrogens with zero attached hydrogens (tertiary/aromatic N) is 1. The molecule has 0 unspecified atom stereocenters. The fraction of sp³-hybridized carbons (Fsp3) is 0.333. The van der Waals surface area contributed by atoms with E-state index in [1.807, 2.05) is 37.8 Å². The van der Waals surface area contributed by atoms with Gasteiger partial charge in [0.25, 0.3) is 0 Å². The molecule has 0 amide bonds. The topological polar surface area (TPSA) is 15.3 Å². The predicted molar refractivity (Wildman–Crippen MR) is 76.0 cm³/mol. The zero-order chi connectivity index (χ0) is 13.5. The van der Waals surface area contributed by atoms with E-state index in [1.165, 1.54) is 6.07 Å². The van der Waals surface area contributed by atoms with E-state index in [1.54, 1.807) is 18.3 Å². The number of allylic oxidation sites excluding steroid dienone is 1. The van der Waals surface area contributed by atoms with Crippen molar-refractivity contribution in [3.05, 3.63) is 54.6 Å². The maximum atomic E-state index is 13.8. The SMILES string of the molecule is C=CN/C(=C\C)CN(c1ccccc1F)C(C)C. The molecule has 2 nitrogen and oxygen atoms in total. The number of halogens is 1. The Balaban J connectivity index is 2.97. The summed E-state index contributed by atoms with van der Waals surface area (Å²) in [6.45, 7) is 10.3. The lowest BCUT2D eigenvalue weighted by Crippen LogP contribution is -2.35. The normalized spacial score (nSPS) is 11.5. The summed E-state index contributed by atoms with van der Waals surface area (Å²) in [6, 6.07) is 7.06. The fourth-order valence-corrected chi connectivity index (χ4v) is 1.77. The quantitative estimate of drug-likeness (QED) is 0.826. The number of rotatable bonds is 6. The highest BCUT2D eigenvalue weighted by atomic mass is 19.1. The number of para-hydroxylation sites is 1. The van der Waals surface area contributed by atoms with E-state index in [4.69, 9.17) is 0 Å². The molecule has 0 radical (unpaired) electrons. The molecule has 98 valence electrons. The van der Waals surface area contributed by atoms with Gasteiger partial charge in [-0.15, -0.1) is 0 Å². The van der Waals surface area contributed by atoms with Gasteiger partial charge in [0.05, 0.1) is 12.2 Å². The van der Waals surface area contributed by atoms with Gasteiger partial charge < -0.3 is 10.2 Å². The Morgan fingerprint density at radius 2 is 2.11 bits per heavy atom. The summed E-state index contributed by atoms with van der Waals surface area (Å²) >= 11 is 0. The lowest BCUT2D eigenvalue weighted by molar-refractivity contribution is 0.604. The highest BCUT2D eigenvalue weighted by Gasteiger charge is 2.15. The molecular formula is C15H21FN2. The van der Waals surface area contributed by atoms with Crippen molar-refractivity contribution in [1.82, 2.24) is 5.32 Å². The maximum Gasteiger partial charge on any atom is 0.146 e. The van der Waals surface area contributed by atoms with Crippen LogP contribution in [0.25, 0.3) is 0 Å². The van der Waals surface area contributed by atoms with Gasteiger partial charge in [0.15, 0.2) is 0 Å². The first-order valence-corrected chi connectivity index (χ1v) is 6.14. The summed E-state index contributed by atoms with van der Waals surface area (Å²) in [7, 11) is 0. The van der Waals surface area contributed by atoms with E-state index in [-0.39, 0.29) is 11.9 Å². The fourth-order valence-electron chi connectivity index (χ4n) is 1.77.